The number of rotatable bonds is 1. The summed E-state index contributed by atoms with van der Waals surface area (Å²) in [5, 5.41) is 7.44. The standard InChI is InChI=1S/C15H19N3OS/c1-11-9-18(7-6-16-11)15(20)17-8-12-10-19-14-5-3-2-4-13(12)14/h2-5,8,11,16H,6-7,9-10H2,1H3,(H,17,20)/b12-8-. The molecule has 0 aromatic heterocycles. The number of ether oxygens (including phenoxy) is 1. The molecule has 2 aliphatic rings. The highest BCUT2D eigenvalue weighted by molar-refractivity contribution is 7.80. The second-order valence-electron chi connectivity index (χ2n) is 5.21. The van der Waals surface area contributed by atoms with E-state index in [9.17, 15) is 0 Å². The van der Waals surface area contributed by atoms with Crippen LogP contribution in [0.4, 0.5) is 0 Å². The lowest BCUT2D eigenvalue weighted by Gasteiger charge is -2.33. The number of fused-ring (bicyclic) bond motifs is 1. The van der Waals surface area contributed by atoms with Crippen LogP contribution in [0.3, 0.4) is 0 Å². The first-order valence-corrected chi connectivity index (χ1v) is 7.35. The van der Waals surface area contributed by atoms with Gasteiger partial charge in [0.1, 0.15) is 12.4 Å². The summed E-state index contributed by atoms with van der Waals surface area (Å²) in [4.78, 5) is 2.20. The summed E-state index contributed by atoms with van der Waals surface area (Å²) in [5.74, 6) is 0.947. The van der Waals surface area contributed by atoms with E-state index in [4.69, 9.17) is 17.0 Å². The Bertz CT molecular complexity index is 544. The summed E-state index contributed by atoms with van der Waals surface area (Å²) in [5.41, 5.74) is 2.29. The predicted molar refractivity (Wildman–Crippen MR) is 84.7 cm³/mol. The van der Waals surface area contributed by atoms with Gasteiger partial charge in [0, 0.05) is 43.0 Å². The number of hydrogen-bond donors (Lipinski definition) is 2. The summed E-state index contributed by atoms with van der Waals surface area (Å²) in [7, 11) is 0. The smallest absolute Gasteiger partial charge is 0.173 e. The molecule has 0 aliphatic carbocycles. The minimum atomic E-state index is 0.478. The third-order valence-corrected chi connectivity index (χ3v) is 4.02. The van der Waals surface area contributed by atoms with Crippen LogP contribution in [0, 0.1) is 0 Å². The van der Waals surface area contributed by atoms with Crippen LogP contribution in [0.5, 0.6) is 5.75 Å². The lowest BCUT2D eigenvalue weighted by Crippen LogP contribution is -2.53. The minimum Gasteiger partial charge on any atom is -0.488 e. The third kappa shape index (κ3) is 2.78. The van der Waals surface area contributed by atoms with Crippen molar-refractivity contribution in [2.75, 3.05) is 26.2 Å². The maximum absolute atomic E-state index is 5.63. The number of nitrogens with zero attached hydrogens (tertiary/aromatic N) is 1. The monoisotopic (exact) mass is 289 g/mol. The van der Waals surface area contributed by atoms with E-state index in [0.29, 0.717) is 12.6 Å². The zero-order valence-electron chi connectivity index (χ0n) is 11.6. The lowest BCUT2D eigenvalue weighted by molar-refractivity contribution is 0.302. The van der Waals surface area contributed by atoms with Crippen molar-refractivity contribution < 1.29 is 4.74 Å². The Labute approximate surface area is 124 Å². The molecule has 1 unspecified atom stereocenters. The molecule has 1 saturated heterocycles. The van der Waals surface area contributed by atoms with Gasteiger partial charge >= 0.3 is 0 Å². The highest BCUT2D eigenvalue weighted by Gasteiger charge is 2.19. The molecule has 0 bridgehead atoms. The van der Waals surface area contributed by atoms with Gasteiger partial charge in [0.15, 0.2) is 5.11 Å². The molecule has 3 rings (SSSR count). The molecule has 2 N–H and O–H groups in total. The molecule has 1 atom stereocenters. The van der Waals surface area contributed by atoms with Gasteiger partial charge in [-0.3, -0.25) is 0 Å². The molecule has 0 saturated carbocycles. The van der Waals surface area contributed by atoms with Crippen molar-refractivity contribution >= 4 is 22.9 Å². The van der Waals surface area contributed by atoms with Crippen molar-refractivity contribution in [3.8, 4) is 5.75 Å². The van der Waals surface area contributed by atoms with Crippen LogP contribution in [0.1, 0.15) is 12.5 Å². The number of nitrogens with one attached hydrogen (secondary N) is 2. The summed E-state index contributed by atoms with van der Waals surface area (Å²) in [6, 6.07) is 8.56. The first-order chi connectivity index (χ1) is 9.74. The molecule has 1 aromatic rings. The van der Waals surface area contributed by atoms with E-state index >= 15 is 0 Å². The van der Waals surface area contributed by atoms with Gasteiger partial charge in [-0.15, -0.1) is 0 Å². The topological polar surface area (TPSA) is 36.5 Å². The molecule has 0 spiro atoms. The Hall–Kier alpha value is -1.59. The van der Waals surface area contributed by atoms with Crippen LogP contribution in [0.25, 0.3) is 5.57 Å². The fourth-order valence-electron chi connectivity index (χ4n) is 2.57. The number of para-hydroxylation sites is 1. The molecule has 0 amide bonds. The largest absolute Gasteiger partial charge is 0.488 e. The molecule has 0 radical (unpaired) electrons. The molecule has 20 heavy (non-hydrogen) atoms. The number of piperazine rings is 1. The summed E-state index contributed by atoms with van der Waals surface area (Å²) >= 11 is 5.46. The Morgan fingerprint density at radius 3 is 3.20 bits per heavy atom. The van der Waals surface area contributed by atoms with E-state index in [2.05, 4.69) is 28.5 Å². The van der Waals surface area contributed by atoms with E-state index in [1.807, 2.05) is 24.4 Å². The van der Waals surface area contributed by atoms with E-state index in [-0.39, 0.29) is 0 Å². The van der Waals surface area contributed by atoms with Crippen LogP contribution in [-0.2, 0) is 0 Å². The van der Waals surface area contributed by atoms with Crippen LogP contribution in [0.15, 0.2) is 30.5 Å². The van der Waals surface area contributed by atoms with E-state index in [1.165, 1.54) is 0 Å². The van der Waals surface area contributed by atoms with Gasteiger partial charge in [0.25, 0.3) is 0 Å². The normalized spacial score (nSPS) is 23.4. The van der Waals surface area contributed by atoms with Crippen LogP contribution >= 0.6 is 12.2 Å². The molecular formula is C15H19N3OS. The number of thiocarbonyl (C=S) groups is 1. The molecular weight excluding hydrogens is 270 g/mol. The highest BCUT2D eigenvalue weighted by Crippen LogP contribution is 2.31. The first kappa shape index (κ1) is 13.4. The molecule has 5 heteroatoms. The third-order valence-electron chi connectivity index (χ3n) is 3.64. The Morgan fingerprint density at radius 2 is 2.35 bits per heavy atom. The minimum absolute atomic E-state index is 0.478. The molecule has 4 nitrogen and oxygen atoms in total. The second kappa shape index (κ2) is 5.81. The molecule has 2 heterocycles. The Morgan fingerprint density at radius 1 is 1.50 bits per heavy atom. The molecule has 2 aliphatic heterocycles. The molecule has 1 fully saturated rings. The SMILES string of the molecule is CC1CN(C(=S)N/C=C2/COc3ccccc32)CCN1. The van der Waals surface area contributed by atoms with Crippen LogP contribution in [-0.4, -0.2) is 42.3 Å². The van der Waals surface area contributed by atoms with Gasteiger partial charge in [0.2, 0.25) is 0 Å². The van der Waals surface area contributed by atoms with Gasteiger partial charge in [-0.1, -0.05) is 18.2 Å². The molecule has 1 aromatic carbocycles. The fourth-order valence-corrected chi connectivity index (χ4v) is 2.79. The quantitative estimate of drug-likeness (QED) is 0.768. The average Bonchev–Trinajstić information content (AvgIpc) is 2.88. The van der Waals surface area contributed by atoms with Gasteiger partial charge in [0.05, 0.1) is 0 Å². The van der Waals surface area contributed by atoms with Crippen LogP contribution < -0.4 is 15.4 Å². The van der Waals surface area contributed by atoms with E-state index < -0.39 is 0 Å². The van der Waals surface area contributed by atoms with Crippen molar-refractivity contribution in [2.45, 2.75) is 13.0 Å². The summed E-state index contributed by atoms with van der Waals surface area (Å²) in [6.07, 6.45) is 1.97. The predicted octanol–water partition coefficient (Wildman–Crippen LogP) is 1.59. The Kier molecular flexibility index (Phi) is 3.89. The van der Waals surface area contributed by atoms with Gasteiger partial charge in [-0.2, -0.15) is 0 Å². The van der Waals surface area contributed by atoms with Crippen molar-refractivity contribution in [3.05, 3.63) is 36.0 Å². The van der Waals surface area contributed by atoms with Crippen molar-refractivity contribution in [2.24, 2.45) is 0 Å². The van der Waals surface area contributed by atoms with E-state index in [0.717, 1.165) is 41.6 Å². The molecule has 106 valence electrons. The zero-order chi connectivity index (χ0) is 13.9. The fraction of sp³-hybridized carbons (Fsp3) is 0.400. The van der Waals surface area contributed by atoms with Gasteiger partial charge in [-0.05, 0) is 25.2 Å². The summed E-state index contributed by atoms with van der Waals surface area (Å²) in [6.45, 7) is 5.65. The highest BCUT2D eigenvalue weighted by atomic mass is 32.1. The number of hydrogen-bond acceptors (Lipinski definition) is 3. The second-order valence-corrected chi connectivity index (χ2v) is 5.59. The van der Waals surface area contributed by atoms with E-state index in [1.54, 1.807) is 0 Å². The van der Waals surface area contributed by atoms with Crippen LogP contribution in [0.2, 0.25) is 0 Å². The number of benzene rings is 1. The maximum Gasteiger partial charge on any atom is 0.173 e. The van der Waals surface area contributed by atoms with Gasteiger partial charge < -0.3 is 20.3 Å². The Balaban J connectivity index is 1.64. The zero-order valence-corrected chi connectivity index (χ0v) is 12.4. The lowest BCUT2D eigenvalue weighted by atomic mass is 10.1. The van der Waals surface area contributed by atoms with Crippen molar-refractivity contribution in [1.29, 1.82) is 0 Å². The summed E-state index contributed by atoms with van der Waals surface area (Å²) < 4.78 is 5.63. The van der Waals surface area contributed by atoms with Gasteiger partial charge in [-0.25, -0.2) is 0 Å². The average molecular weight is 289 g/mol. The van der Waals surface area contributed by atoms with Crippen molar-refractivity contribution in [3.63, 3.8) is 0 Å². The van der Waals surface area contributed by atoms with Crippen molar-refractivity contribution in [1.82, 2.24) is 15.5 Å². The first-order valence-electron chi connectivity index (χ1n) is 6.94. The maximum atomic E-state index is 5.63.